The van der Waals surface area contributed by atoms with E-state index < -0.39 is 30.2 Å². The third kappa shape index (κ3) is 4.59. The fourth-order valence-corrected chi connectivity index (χ4v) is 4.35. The summed E-state index contributed by atoms with van der Waals surface area (Å²) in [6.07, 6.45) is -1.56. The van der Waals surface area contributed by atoms with Crippen LogP contribution < -0.4 is 31.3 Å². The first kappa shape index (κ1) is 22.2. The minimum atomic E-state index is -0.889. The van der Waals surface area contributed by atoms with E-state index in [0.29, 0.717) is 22.1 Å². The van der Waals surface area contributed by atoms with Crippen LogP contribution in [-0.4, -0.2) is 37.3 Å². The van der Waals surface area contributed by atoms with Gasteiger partial charge >= 0.3 is 0 Å². The number of benzene rings is 2. The van der Waals surface area contributed by atoms with Crippen molar-refractivity contribution in [1.82, 2.24) is 16.0 Å². The van der Waals surface area contributed by atoms with Gasteiger partial charge in [-0.05, 0) is 30.3 Å². The number of ether oxygens (including phenoxy) is 1. The van der Waals surface area contributed by atoms with E-state index in [1.807, 2.05) is 12.1 Å². The van der Waals surface area contributed by atoms with Crippen molar-refractivity contribution >= 4 is 52.3 Å². The molecular formula is C21H21Cl2N5O4. The van der Waals surface area contributed by atoms with Crippen LogP contribution in [0.25, 0.3) is 0 Å². The molecule has 0 spiro atoms. The Morgan fingerprint density at radius 2 is 1.88 bits per heavy atom. The van der Waals surface area contributed by atoms with Gasteiger partial charge in [-0.1, -0.05) is 35.3 Å². The second-order valence-electron chi connectivity index (χ2n) is 7.45. The number of hydrogen-bond acceptors (Lipinski definition) is 6. The number of nitrogens with one attached hydrogen (secondary N) is 5. The monoisotopic (exact) mass is 477 g/mol. The fraction of sp³-hybridized carbons (Fsp3) is 0.286. The smallest absolute Gasteiger partial charge is 0.229 e. The molecule has 5 N–H and O–H groups in total. The van der Waals surface area contributed by atoms with Crippen molar-refractivity contribution in [3.63, 3.8) is 0 Å². The van der Waals surface area contributed by atoms with E-state index >= 15 is 0 Å². The van der Waals surface area contributed by atoms with Gasteiger partial charge in [0.15, 0.2) is 6.29 Å². The molecule has 0 radical (unpaired) electrons. The largest absolute Gasteiger partial charge is 0.495 e. The minimum absolute atomic E-state index is 0.127. The second-order valence-corrected chi connectivity index (χ2v) is 8.29. The van der Waals surface area contributed by atoms with Crippen molar-refractivity contribution in [2.24, 2.45) is 11.8 Å². The van der Waals surface area contributed by atoms with Crippen molar-refractivity contribution in [1.29, 1.82) is 0 Å². The lowest BCUT2D eigenvalue weighted by molar-refractivity contribution is -0.144. The van der Waals surface area contributed by atoms with Gasteiger partial charge in [0, 0.05) is 11.4 Å². The van der Waals surface area contributed by atoms with Crippen LogP contribution in [-0.2, 0) is 14.4 Å². The van der Waals surface area contributed by atoms with Gasteiger partial charge in [0.25, 0.3) is 0 Å². The molecule has 0 saturated carbocycles. The number of carbonyl (C=O) groups excluding carboxylic acids is 3. The first-order chi connectivity index (χ1) is 15.4. The summed E-state index contributed by atoms with van der Waals surface area (Å²) in [5.74, 6) is -2.30. The van der Waals surface area contributed by atoms with Gasteiger partial charge in [0.05, 0.1) is 41.5 Å². The van der Waals surface area contributed by atoms with Crippen LogP contribution in [0.1, 0.15) is 6.42 Å². The first-order valence-corrected chi connectivity index (χ1v) is 10.6. The predicted octanol–water partition coefficient (Wildman–Crippen LogP) is 2.13. The molecule has 0 aromatic heterocycles. The second kappa shape index (κ2) is 9.23. The summed E-state index contributed by atoms with van der Waals surface area (Å²) in [7, 11) is 1.54. The molecule has 3 amide bonds. The van der Waals surface area contributed by atoms with Gasteiger partial charge in [-0.25, -0.2) is 0 Å². The molecule has 9 nitrogen and oxygen atoms in total. The summed E-state index contributed by atoms with van der Waals surface area (Å²) in [5.41, 5.74) is 1.00. The molecule has 2 fully saturated rings. The molecule has 4 rings (SSSR count). The molecular weight excluding hydrogens is 457 g/mol. The van der Waals surface area contributed by atoms with Gasteiger partial charge in [-0.2, -0.15) is 0 Å². The third-order valence-electron chi connectivity index (χ3n) is 5.38. The number of piperidine rings is 1. The Morgan fingerprint density at radius 3 is 2.62 bits per heavy atom. The van der Waals surface area contributed by atoms with Crippen molar-refractivity contribution in [3.05, 3.63) is 52.5 Å². The molecule has 4 atom stereocenters. The van der Waals surface area contributed by atoms with Crippen LogP contribution in [0.2, 0.25) is 10.0 Å². The molecule has 4 unspecified atom stereocenters. The van der Waals surface area contributed by atoms with E-state index in [1.54, 1.807) is 31.4 Å². The van der Waals surface area contributed by atoms with Gasteiger partial charge in [0.1, 0.15) is 5.75 Å². The van der Waals surface area contributed by atoms with Crippen LogP contribution >= 0.6 is 23.2 Å². The average Bonchev–Trinajstić information content (AvgIpc) is 2.75. The van der Waals surface area contributed by atoms with E-state index in [1.165, 1.54) is 6.07 Å². The van der Waals surface area contributed by atoms with E-state index in [2.05, 4.69) is 26.6 Å². The highest BCUT2D eigenvalue weighted by molar-refractivity contribution is 6.36. The average molecular weight is 478 g/mol. The van der Waals surface area contributed by atoms with Crippen molar-refractivity contribution in [3.8, 4) is 5.75 Å². The molecule has 2 aliphatic rings. The summed E-state index contributed by atoms with van der Waals surface area (Å²) >= 11 is 12.0. The number of methoxy groups -OCH3 is 1. The summed E-state index contributed by atoms with van der Waals surface area (Å²) in [4.78, 5) is 38.3. The Kier molecular flexibility index (Phi) is 6.40. The summed E-state index contributed by atoms with van der Waals surface area (Å²) in [5, 5.41) is 15.2. The lowest BCUT2D eigenvalue weighted by Gasteiger charge is -2.43. The van der Waals surface area contributed by atoms with Crippen LogP contribution in [0, 0.1) is 11.8 Å². The highest BCUT2D eigenvalue weighted by Gasteiger charge is 2.48. The van der Waals surface area contributed by atoms with E-state index in [9.17, 15) is 14.4 Å². The SMILES string of the molecule is COc1ccccc1NC1NC(=O)C2C(NC(=O)CC2C(=O)Nc2ccc(Cl)cc2Cl)N1. The van der Waals surface area contributed by atoms with Crippen molar-refractivity contribution in [2.45, 2.75) is 18.9 Å². The molecule has 2 aliphatic heterocycles. The topological polar surface area (TPSA) is 121 Å². The zero-order valence-corrected chi connectivity index (χ0v) is 18.5. The van der Waals surface area contributed by atoms with E-state index in [4.69, 9.17) is 27.9 Å². The number of fused-ring (bicyclic) bond motifs is 1. The third-order valence-corrected chi connectivity index (χ3v) is 5.93. The summed E-state index contributed by atoms with van der Waals surface area (Å²) < 4.78 is 5.31. The fourth-order valence-electron chi connectivity index (χ4n) is 3.89. The number of para-hydroxylation sites is 2. The molecule has 0 bridgehead atoms. The molecule has 168 valence electrons. The number of rotatable bonds is 5. The number of anilines is 2. The molecule has 2 aromatic rings. The quantitative estimate of drug-likeness (QED) is 0.449. The summed E-state index contributed by atoms with van der Waals surface area (Å²) in [6, 6.07) is 11.9. The highest BCUT2D eigenvalue weighted by atomic mass is 35.5. The number of carbonyl (C=O) groups is 3. The lowest BCUT2D eigenvalue weighted by Crippen LogP contribution is -2.72. The van der Waals surface area contributed by atoms with Gasteiger partial charge in [0.2, 0.25) is 17.7 Å². The number of hydrogen-bond donors (Lipinski definition) is 5. The molecule has 11 heteroatoms. The van der Waals surface area contributed by atoms with Gasteiger partial charge in [-0.15, -0.1) is 0 Å². The first-order valence-electron chi connectivity index (χ1n) is 9.87. The van der Waals surface area contributed by atoms with Crippen LogP contribution in [0.5, 0.6) is 5.75 Å². The molecule has 2 saturated heterocycles. The molecule has 2 heterocycles. The normalized spacial score (nSPS) is 24.6. The maximum Gasteiger partial charge on any atom is 0.229 e. The summed E-state index contributed by atoms with van der Waals surface area (Å²) in [6.45, 7) is 0. The van der Waals surface area contributed by atoms with Crippen LogP contribution in [0.15, 0.2) is 42.5 Å². The minimum Gasteiger partial charge on any atom is -0.495 e. The standard InChI is InChI=1S/C21H21Cl2N5O4/c1-32-15-5-3-2-4-14(15)25-21-27-18-17(20(31)28-21)11(9-16(29)26-18)19(30)24-13-7-6-10(22)8-12(13)23/h2-8,11,17-18,21,25,27H,9H2,1H3,(H,24,30)(H,26,29)(H,28,31). The molecule has 2 aromatic carbocycles. The zero-order valence-electron chi connectivity index (χ0n) is 16.9. The lowest BCUT2D eigenvalue weighted by atomic mass is 9.81. The maximum atomic E-state index is 13.0. The van der Waals surface area contributed by atoms with Crippen molar-refractivity contribution in [2.75, 3.05) is 17.7 Å². The number of halogens is 2. The zero-order chi connectivity index (χ0) is 22.8. The van der Waals surface area contributed by atoms with Crippen LogP contribution in [0.4, 0.5) is 11.4 Å². The van der Waals surface area contributed by atoms with E-state index in [0.717, 1.165) is 0 Å². The Morgan fingerprint density at radius 1 is 1.09 bits per heavy atom. The number of amides is 3. The van der Waals surface area contributed by atoms with Gasteiger partial charge in [-0.3, -0.25) is 19.7 Å². The Hall–Kier alpha value is -3.01. The predicted molar refractivity (Wildman–Crippen MR) is 120 cm³/mol. The Bertz CT molecular complexity index is 1070. The molecule has 0 aliphatic carbocycles. The Labute approximate surface area is 194 Å². The van der Waals surface area contributed by atoms with Gasteiger partial charge < -0.3 is 26.0 Å². The van der Waals surface area contributed by atoms with Crippen LogP contribution in [0.3, 0.4) is 0 Å². The highest BCUT2D eigenvalue weighted by Crippen LogP contribution is 2.31. The Balaban J connectivity index is 1.50. The van der Waals surface area contributed by atoms with Crippen molar-refractivity contribution < 1.29 is 19.1 Å². The van der Waals surface area contributed by atoms with E-state index in [-0.39, 0.29) is 23.3 Å². The maximum absolute atomic E-state index is 13.0. The molecule has 32 heavy (non-hydrogen) atoms.